The number of hydrogen-bond donors (Lipinski definition) is 0. The summed E-state index contributed by atoms with van der Waals surface area (Å²) in [6.07, 6.45) is 5.61. The predicted octanol–water partition coefficient (Wildman–Crippen LogP) is 7.30. The first-order valence-electron chi connectivity index (χ1n) is 11.1. The Labute approximate surface area is 194 Å². The van der Waals surface area contributed by atoms with Crippen LogP contribution >= 0.6 is 0 Å². The summed E-state index contributed by atoms with van der Waals surface area (Å²) < 4.78 is 8.63. The lowest BCUT2D eigenvalue weighted by molar-refractivity contribution is -0.660. The molecule has 4 nitrogen and oxygen atoms in total. The number of benzene rings is 3. The standard InChI is InChI=1S/C29H26N3O/c1-18-14-22(29(2,3)4)27-21-15-20(19-10-8-7-9-11-19)23(30-5)16-25(21)33-28(27)26(18)24-17-31-12-13-32(24)6/h7-17H,1-4,6H3/q+1. The molecule has 2 aromatic heterocycles. The molecule has 5 rings (SSSR count). The summed E-state index contributed by atoms with van der Waals surface area (Å²) in [5.74, 6) is 0. The zero-order valence-corrected chi connectivity index (χ0v) is 19.6. The van der Waals surface area contributed by atoms with Gasteiger partial charge in [0.1, 0.15) is 18.2 Å². The number of fused-ring (bicyclic) bond motifs is 3. The largest absolute Gasteiger partial charge is 0.456 e. The Morgan fingerprint density at radius 3 is 2.48 bits per heavy atom. The van der Waals surface area contributed by atoms with Crippen molar-refractivity contribution in [1.82, 2.24) is 4.98 Å². The molecular formula is C29H26N3O+. The molecule has 0 radical (unpaired) electrons. The van der Waals surface area contributed by atoms with E-state index < -0.39 is 0 Å². The Balaban J connectivity index is 1.97. The van der Waals surface area contributed by atoms with Gasteiger partial charge in [-0.05, 0) is 40.7 Å². The van der Waals surface area contributed by atoms with Crippen LogP contribution in [0, 0.1) is 13.5 Å². The van der Waals surface area contributed by atoms with Crippen molar-refractivity contribution in [3.63, 3.8) is 0 Å². The average molecular weight is 433 g/mol. The molecule has 0 atom stereocenters. The lowest BCUT2D eigenvalue weighted by Gasteiger charge is -2.22. The second kappa shape index (κ2) is 7.56. The van der Waals surface area contributed by atoms with Crippen molar-refractivity contribution in [2.45, 2.75) is 33.1 Å². The first kappa shape index (κ1) is 20.9. The van der Waals surface area contributed by atoms with Crippen LogP contribution in [0.15, 0.2) is 71.5 Å². The summed E-state index contributed by atoms with van der Waals surface area (Å²) in [7, 11) is 2.02. The number of aromatic nitrogens is 2. The van der Waals surface area contributed by atoms with Gasteiger partial charge in [0, 0.05) is 10.8 Å². The summed E-state index contributed by atoms with van der Waals surface area (Å²) >= 11 is 0. The number of furan rings is 1. The molecule has 0 N–H and O–H groups in total. The average Bonchev–Trinajstić information content (AvgIpc) is 3.16. The highest BCUT2D eigenvalue weighted by atomic mass is 16.3. The third kappa shape index (κ3) is 3.37. The fraction of sp³-hybridized carbons (Fsp3) is 0.207. The summed E-state index contributed by atoms with van der Waals surface area (Å²) in [5.41, 5.74) is 8.46. The van der Waals surface area contributed by atoms with Crippen LogP contribution in [0.1, 0.15) is 31.9 Å². The van der Waals surface area contributed by atoms with Crippen molar-refractivity contribution < 1.29 is 8.98 Å². The number of hydrogen-bond acceptors (Lipinski definition) is 2. The van der Waals surface area contributed by atoms with Crippen molar-refractivity contribution in [2.24, 2.45) is 7.05 Å². The van der Waals surface area contributed by atoms with E-state index in [0.29, 0.717) is 5.69 Å². The van der Waals surface area contributed by atoms with Gasteiger partial charge >= 0.3 is 0 Å². The van der Waals surface area contributed by atoms with Crippen LogP contribution in [0.3, 0.4) is 0 Å². The van der Waals surface area contributed by atoms with Crippen molar-refractivity contribution in [2.75, 3.05) is 0 Å². The van der Waals surface area contributed by atoms with Crippen LogP contribution in [0.4, 0.5) is 5.69 Å². The fourth-order valence-electron chi connectivity index (χ4n) is 4.63. The van der Waals surface area contributed by atoms with Gasteiger partial charge in [0.05, 0.1) is 24.5 Å². The summed E-state index contributed by atoms with van der Waals surface area (Å²) in [6, 6.07) is 16.4. The third-order valence-corrected chi connectivity index (χ3v) is 6.28. The predicted molar refractivity (Wildman–Crippen MR) is 133 cm³/mol. The molecule has 0 aliphatic rings. The van der Waals surface area contributed by atoms with Gasteiger partial charge in [-0.3, -0.25) is 4.98 Å². The lowest BCUT2D eigenvalue weighted by Crippen LogP contribution is -2.30. The summed E-state index contributed by atoms with van der Waals surface area (Å²) in [4.78, 5) is 8.20. The molecule has 5 aromatic rings. The van der Waals surface area contributed by atoms with Gasteiger partial charge < -0.3 is 4.42 Å². The molecule has 0 saturated heterocycles. The van der Waals surface area contributed by atoms with Crippen LogP contribution in [0.2, 0.25) is 0 Å². The maximum absolute atomic E-state index is 7.80. The second-order valence-corrected chi connectivity index (χ2v) is 9.59. The summed E-state index contributed by atoms with van der Waals surface area (Å²) in [6.45, 7) is 16.6. The molecule has 2 heterocycles. The van der Waals surface area contributed by atoms with E-state index >= 15 is 0 Å². The molecular weight excluding hydrogens is 406 g/mol. The number of rotatable bonds is 2. The molecule has 4 heteroatoms. The monoisotopic (exact) mass is 432 g/mol. The fourth-order valence-corrected chi connectivity index (χ4v) is 4.63. The highest BCUT2D eigenvalue weighted by Gasteiger charge is 2.28. The van der Waals surface area contributed by atoms with Crippen molar-refractivity contribution >= 4 is 27.6 Å². The summed E-state index contributed by atoms with van der Waals surface area (Å²) in [5, 5.41) is 2.14. The first-order valence-corrected chi connectivity index (χ1v) is 11.1. The molecule has 0 spiro atoms. The van der Waals surface area contributed by atoms with Gasteiger partial charge in [-0.15, -0.1) is 0 Å². The Morgan fingerprint density at radius 1 is 1.06 bits per heavy atom. The van der Waals surface area contributed by atoms with E-state index in [1.807, 2.05) is 55.8 Å². The topological polar surface area (TPSA) is 34.3 Å². The molecule has 0 saturated carbocycles. The van der Waals surface area contributed by atoms with Crippen molar-refractivity contribution in [3.8, 4) is 22.4 Å². The minimum Gasteiger partial charge on any atom is -0.456 e. The molecule has 0 aliphatic carbocycles. The molecule has 3 aromatic carbocycles. The highest BCUT2D eigenvalue weighted by molar-refractivity contribution is 6.14. The Bertz CT molecular complexity index is 1560. The third-order valence-electron chi connectivity index (χ3n) is 6.28. The maximum Gasteiger partial charge on any atom is 0.234 e. The Morgan fingerprint density at radius 2 is 1.82 bits per heavy atom. The number of aryl methyl sites for hydroxylation is 2. The molecule has 33 heavy (non-hydrogen) atoms. The second-order valence-electron chi connectivity index (χ2n) is 9.59. The van der Waals surface area contributed by atoms with E-state index in [1.54, 1.807) is 6.20 Å². The molecule has 0 fully saturated rings. The quantitative estimate of drug-likeness (QED) is 0.217. The van der Waals surface area contributed by atoms with Crippen LogP contribution in [0.5, 0.6) is 0 Å². The lowest BCUT2D eigenvalue weighted by atomic mass is 9.81. The number of nitrogens with zero attached hydrogens (tertiary/aromatic N) is 3. The van der Waals surface area contributed by atoms with Crippen LogP contribution < -0.4 is 4.57 Å². The smallest absolute Gasteiger partial charge is 0.234 e. The molecule has 162 valence electrons. The zero-order chi connectivity index (χ0) is 23.3. The van der Waals surface area contributed by atoms with Crippen LogP contribution in [0.25, 0.3) is 49.2 Å². The highest BCUT2D eigenvalue weighted by Crippen LogP contribution is 2.45. The zero-order valence-electron chi connectivity index (χ0n) is 19.6. The Kier molecular flexibility index (Phi) is 4.79. The van der Waals surface area contributed by atoms with Gasteiger partial charge in [0.25, 0.3) is 0 Å². The van der Waals surface area contributed by atoms with Gasteiger partial charge in [0.2, 0.25) is 5.69 Å². The van der Waals surface area contributed by atoms with Crippen LogP contribution in [-0.4, -0.2) is 4.98 Å². The molecule has 0 bridgehead atoms. The minimum absolute atomic E-state index is 0.0825. The van der Waals surface area contributed by atoms with Gasteiger partial charge in [-0.2, -0.15) is 4.57 Å². The SMILES string of the molecule is [C-]#[N+]c1cc2oc3c(-c4cncc[n+]4C)c(C)cc(C(C)(C)C)c3c2cc1-c1ccccc1. The van der Waals surface area contributed by atoms with Gasteiger partial charge in [0.15, 0.2) is 11.9 Å². The molecule has 0 amide bonds. The van der Waals surface area contributed by atoms with Gasteiger partial charge in [-0.1, -0.05) is 63.2 Å². The van der Waals surface area contributed by atoms with E-state index in [0.717, 1.165) is 49.9 Å². The normalized spacial score (nSPS) is 11.8. The van der Waals surface area contributed by atoms with E-state index in [9.17, 15) is 0 Å². The molecule has 0 unspecified atom stereocenters. The minimum atomic E-state index is -0.0825. The van der Waals surface area contributed by atoms with E-state index in [1.165, 1.54) is 5.56 Å². The van der Waals surface area contributed by atoms with Crippen molar-refractivity contribution in [3.05, 3.63) is 89.7 Å². The van der Waals surface area contributed by atoms with E-state index in [4.69, 9.17) is 11.0 Å². The van der Waals surface area contributed by atoms with Gasteiger partial charge in [-0.25, -0.2) is 4.85 Å². The van der Waals surface area contributed by atoms with E-state index in [-0.39, 0.29) is 5.41 Å². The van der Waals surface area contributed by atoms with Crippen LogP contribution in [-0.2, 0) is 12.5 Å². The van der Waals surface area contributed by atoms with E-state index in [2.05, 4.69) is 54.2 Å². The maximum atomic E-state index is 7.80. The molecule has 0 aliphatic heterocycles. The first-order chi connectivity index (χ1) is 15.8. The Hall–Kier alpha value is -3.97. The van der Waals surface area contributed by atoms with Crippen molar-refractivity contribution in [1.29, 1.82) is 0 Å².